The van der Waals surface area contributed by atoms with Gasteiger partial charge in [0.1, 0.15) is 5.58 Å². The second-order valence-corrected chi connectivity index (χ2v) is 8.01. The summed E-state index contributed by atoms with van der Waals surface area (Å²) in [5, 5.41) is 8.12. The lowest BCUT2D eigenvalue weighted by Gasteiger charge is -2.10. The predicted molar refractivity (Wildman–Crippen MR) is 115 cm³/mol. The zero-order valence-electron chi connectivity index (χ0n) is 15.3. The van der Waals surface area contributed by atoms with Gasteiger partial charge in [0, 0.05) is 28.7 Å². The maximum atomic E-state index is 13.0. The number of methoxy groups -OCH3 is 1. The van der Waals surface area contributed by atoms with Crippen LogP contribution in [-0.4, -0.2) is 13.0 Å². The van der Waals surface area contributed by atoms with Gasteiger partial charge >= 0.3 is 0 Å². The molecule has 2 aromatic heterocycles. The van der Waals surface area contributed by atoms with E-state index in [1.54, 1.807) is 30.2 Å². The van der Waals surface area contributed by atoms with Crippen LogP contribution in [0, 0.1) is 0 Å². The molecule has 0 aliphatic carbocycles. The summed E-state index contributed by atoms with van der Waals surface area (Å²) >= 11 is 3.39. The fraction of sp³-hybridized carbons (Fsp3) is 0.136. The summed E-state index contributed by atoms with van der Waals surface area (Å²) in [6.07, 6.45) is 0. The average molecular weight is 410 g/mol. The van der Waals surface area contributed by atoms with E-state index in [0.717, 1.165) is 27.3 Å². The van der Waals surface area contributed by atoms with Crippen LogP contribution in [0.3, 0.4) is 0 Å². The third-order valence-electron chi connectivity index (χ3n) is 4.30. The number of nitrogens with one attached hydrogen (secondary N) is 1. The maximum Gasteiger partial charge on any atom is 0.291 e. The van der Waals surface area contributed by atoms with Crippen molar-refractivity contribution in [3.05, 3.63) is 82.2 Å². The molecule has 0 aliphatic heterocycles. The molecule has 28 heavy (non-hydrogen) atoms. The Bertz CT molecular complexity index is 1090. The minimum atomic E-state index is -0.271. The Morgan fingerprint density at radius 3 is 2.79 bits per heavy atom. The van der Waals surface area contributed by atoms with Gasteiger partial charge in [0.15, 0.2) is 5.76 Å². The van der Waals surface area contributed by atoms with E-state index in [9.17, 15) is 4.79 Å². The highest BCUT2D eigenvalue weighted by Crippen LogP contribution is 2.32. The van der Waals surface area contributed by atoms with Crippen LogP contribution in [-0.2, 0) is 17.1 Å². The van der Waals surface area contributed by atoms with Crippen LogP contribution in [0.5, 0.6) is 0 Å². The number of hydrogen-bond donors (Lipinski definition) is 1. The smallest absolute Gasteiger partial charge is 0.291 e. The second kappa shape index (κ2) is 8.65. The highest BCUT2D eigenvalue weighted by molar-refractivity contribution is 7.98. The zero-order chi connectivity index (χ0) is 19.3. The van der Waals surface area contributed by atoms with Gasteiger partial charge in [0.05, 0.1) is 12.3 Å². The van der Waals surface area contributed by atoms with Crippen molar-refractivity contribution in [3.8, 4) is 0 Å². The first-order chi connectivity index (χ1) is 13.8. The number of benzene rings is 2. The number of anilines is 1. The molecule has 4 nitrogen and oxygen atoms in total. The number of thiophene rings is 1. The average Bonchev–Trinajstić information content (AvgIpc) is 3.36. The Morgan fingerprint density at radius 1 is 1.14 bits per heavy atom. The molecule has 0 atom stereocenters. The van der Waals surface area contributed by atoms with E-state index in [-0.39, 0.29) is 5.91 Å². The van der Waals surface area contributed by atoms with Crippen LogP contribution in [0.15, 0.2) is 74.7 Å². The quantitative estimate of drug-likeness (QED) is 0.370. The van der Waals surface area contributed by atoms with Gasteiger partial charge in [-0.3, -0.25) is 4.79 Å². The Hall–Kier alpha value is -2.54. The molecule has 2 aromatic carbocycles. The topological polar surface area (TPSA) is 51.5 Å². The van der Waals surface area contributed by atoms with Gasteiger partial charge in [-0.05, 0) is 40.6 Å². The van der Waals surface area contributed by atoms with E-state index in [0.29, 0.717) is 18.0 Å². The molecule has 0 aliphatic rings. The lowest BCUT2D eigenvalue weighted by Crippen LogP contribution is -2.13. The third kappa shape index (κ3) is 3.99. The number of ether oxygens (including phenoxy) is 1. The second-order valence-electron chi connectivity index (χ2n) is 6.21. The normalized spacial score (nSPS) is 11.0. The van der Waals surface area contributed by atoms with Crippen LogP contribution >= 0.6 is 23.1 Å². The third-order valence-corrected chi connectivity index (χ3v) is 6.18. The number of carbonyl (C=O) groups is 1. The molecule has 1 N–H and O–H groups in total. The number of amides is 1. The Kier molecular flexibility index (Phi) is 5.81. The molecule has 0 unspecified atom stereocenters. The minimum Gasteiger partial charge on any atom is -0.451 e. The molecule has 0 bridgehead atoms. The molecule has 0 spiro atoms. The van der Waals surface area contributed by atoms with E-state index in [1.807, 2.05) is 48.5 Å². The van der Waals surface area contributed by atoms with Gasteiger partial charge in [-0.2, -0.15) is 11.3 Å². The SMILES string of the molecule is COCc1c(C(=O)Nc2ccccc2SCc2ccsc2)oc2ccccc12. The van der Waals surface area contributed by atoms with E-state index in [2.05, 4.69) is 22.1 Å². The molecule has 4 rings (SSSR count). The highest BCUT2D eigenvalue weighted by Gasteiger charge is 2.21. The monoisotopic (exact) mass is 409 g/mol. The van der Waals surface area contributed by atoms with Gasteiger partial charge in [0.2, 0.25) is 0 Å². The molecule has 0 radical (unpaired) electrons. The summed E-state index contributed by atoms with van der Waals surface area (Å²) in [5.41, 5.74) is 3.49. The van der Waals surface area contributed by atoms with E-state index in [4.69, 9.17) is 9.15 Å². The molecule has 0 saturated carbocycles. The fourth-order valence-corrected chi connectivity index (χ4v) is 4.71. The first-order valence-corrected chi connectivity index (χ1v) is 10.7. The summed E-state index contributed by atoms with van der Waals surface area (Å²) in [5.74, 6) is 0.878. The first kappa shape index (κ1) is 18.8. The maximum absolute atomic E-state index is 13.0. The van der Waals surface area contributed by atoms with Crippen molar-refractivity contribution >= 4 is 45.7 Å². The summed E-state index contributed by atoms with van der Waals surface area (Å²) < 4.78 is 11.1. The number of carbonyl (C=O) groups excluding carboxylic acids is 1. The van der Waals surface area contributed by atoms with Gasteiger partial charge in [-0.15, -0.1) is 11.8 Å². The van der Waals surface area contributed by atoms with Crippen molar-refractivity contribution in [2.45, 2.75) is 17.3 Å². The molecule has 0 saturated heterocycles. The van der Waals surface area contributed by atoms with Crippen molar-refractivity contribution in [2.24, 2.45) is 0 Å². The number of para-hydroxylation sites is 2. The number of fused-ring (bicyclic) bond motifs is 1. The molecule has 2 heterocycles. The van der Waals surface area contributed by atoms with E-state index >= 15 is 0 Å². The molecular weight excluding hydrogens is 390 g/mol. The number of rotatable bonds is 7. The van der Waals surface area contributed by atoms with Gasteiger partial charge in [-0.25, -0.2) is 0 Å². The van der Waals surface area contributed by atoms with Crippen LogP contribution < -0.4 is 5.32 Å². The van der Waals surface area contributed by atoms with E-state index in [1.165, 1.54) is 5.56 Å². The van der Waals surface area contributed by atoms with E-state index < -0.39 is 0 Å². The molecule has 6 heteroatoms. The first-order valence-electron chi connectivity index (χ1n) is 8.80. The fourth-order valence-electron chi connectivity index (χ4n) is 2.98. The Balaban J connectivity index is 1.59. The lowest BCUT2D eigenvalue weighted by molar-refractivity contribution is 0.0992. The number of furan rings is 1. The summed E-state index contributed by atoms with van der Waals surface area (Å²) in [6, 6.07) is 17.5. The van der Waals surface area contributed by atoms with Crippen LogP contribution in [0.4, 0.5) is 5.69 Å². The molecule has 4 aromatic rings. The lowest BCUT2D eigenvalue weighted by atomic mass is 10.1. The van der Waals surface area contributed by atoms with Gasteiger partial charge in [-0.1, -0.05) is 30.3 Å². The molecule has 142 valence electrons. The highest BCUT2D eigenvalue weighted by atomic mass is 32.2. The molecule has 0 fully saturated rings. The number of thioether (sulfide) groups is 1. The minimum absolute atomic E-state index is 0.271. The van der Waals surface area contributed by atoms with Crippen molar-refractivity contribution in [2.75, 3.05) is 12.4 Å². The van der Waals surface area contributed by atoms with Crippen molar-refractivity contribution < 1.29 is 13.9 Å². The van der Waals surface area contributed by atoms with Crippen molar-refractivity contribution in [3.63, 3.8) is 0 Å². The van der Waals surface area contributed by atoms with Crippen LogP contribution in [0.2, 0.25) is 0 Å². The largest absolute Gasteiger partial charge is 0.451 e. The summed E-state index contributed by atoms with van der Waals surface area (Å²) in [4.78, 5) is 14.0. The van der Waals surface area contributed by atoms with Crippen LogP contribution in [0.25, 0.3) is 11.0 Å². The van der Waals surface area contributed by atoms with Gasteiger partial charge in [0.25, 0.3) is 5.91 Å². The summed E-state index contributed by atoms with van der Waals surface area (Å²) in [7, 11) is 1.61. The van der Waals surface area contributed by atoms with Gasteiger partial charge < -0.3 is 14.5 Å². The van der Waals surface area contributed by atoms with Crippen molar-refractivity contribution in [1.29, 1.82) is 0 Å². The Morgan fingerprint density at radius 2 is 1.96 bits per heavy atom. The molecular formula is C22H19NO3S2. The Labute approximate surface area is 171 Å². The predicted octanol–water partition coefficient (Wildman–Crippen LogP) is 6.19. The number of hydrogen-bond acceptors (Lipinski definition) is 5. The standard InChI is InChI=1S/C22H19NO3S2/c1-25-12-17-16-6-2-4-8-19(16)26-21(17)22(24)23-18-7-3-5-9-20(18)28-14-15-10-11-27-13-15/h2-11,13H,12,14H2,1H3,(H,23,24). The molecule has 1 amide bonds. The van der Waals surface area contributed by atoms with Crippen LogP contribution in [0.1, 0.15) is 21.7 Å². The zero-order valence-corrected chi connectivity index (χ0v) is 16.9. The van der Waals surface area contributed by atoms with Crippen molar-refractivity contribution in [1.82, 2.24) is 0 Å². The summed E-state index contributed by atoms with van der Waals surface area (Å²) in [6.45, 7) is 0.314.